The molecule has 5 nitrogen and oxygen atoms in total. The molecular formula is C9H9ClN4O. The second kappa shape index (κ2) is 3.78. The highest BCUT2D eigenvalue weighted by molar-refractivity contribution is 6.32. The number of halogens is 1. The predicted octanol–water partition coefficient (Wildman–Crippen LogP) is 1.51. The van der Waals surface area contributed by atoms with E-state index in [1.165, 1.54) is 4.68 Å². The summed E-state index contributed by atoms with van der Waals surface area (Å²) in [5.41, 5.74) is 5.52. The van der Waals surface area contributed by atoms with Crippen molar-refractivity contribution in [3.63, 3.8) is 0 Å². The Kier molecular flexibility index (Phi) is 2.47. The van der Waals surface area contributed by atoms with E-state index in [4.69, 9.17) is 22.1 Å². The molecule has 0 bridgehead atoms. The second-order valence-corrected chi connectivity index (χ2v) is 3.27. The smallest absolute Gasteiger partial charge is 0.164 e. The highest BCUT2D eigenvalue weighted by atomic mass is 35.5. The van der Waals surface area contributed by atoms with Gasteiger partial charge >= 0.3 is 0 Å². The second-order valence-electron chi connectivity index (χ2n) is 2.86. The van der Waals surface area contributed by atoms with Crippen LogP contribution >= 0.6 is 11.6 Å². The molecule has 2 heterocycles. The molecule has 2 aromatic heterocycles. The van der Waals surface area contributed by atoms with Crippen molar-refractivity contribution in [1.82, 2.24) is 14.8 Å². The first kappa shape index (κ1) is 9.79. The largest absolute Gasteiger partial charge is 0.495 e. The van der Waals surface area contributed by atoms with Gasteiger partial charge in [-0.3, -0.25) is 0 Å². The van der Waals surface area contributed by atoms with Crippen molar-refractivity contribution in [2.45, 2.75) is 0 Å². The number of nitrogens with zero attached hydrogens (tertiary/aromatic N) is 3. The van der Waals surface area contributed by atoms with Crippen molar-refractivity contribution in [2.75, 3.05) is 12.8 Å². The third-order valence-electron chi connectivity index (χ3n) is 1.89. The lowest BCUT2D eigenvalue weighted by atomic mass is 10.4. The molecule has 2 aromatic rings. The fourth-order valence-electron chi connectivity index (χ4n) is 1.11. The summed E-state index contributed by atoms with van der Waals surface area (Å²) < 4.78 is 6.50. The topological polar surface area (TPSA) is 66.0 Å². The molecule has 6 heteroatoms. The van der Waals surface area contributed by atoms with Gasteiger partial charge in [-0.15, -0.1) is 5.10 Å². The van der Waals surface area contributed by atoms with E-state index >= 15 is 0 Å². The number of hydrogen-bond acceptors (Lipinski definition) is 4. The van der Waals surface area contributed by atoms with Crippen molar-refractivity contribution in [3.8, 4) is 11.6 Å². The predicted molar refractivity (Wildman–Crippen MR) is 57.3 cm³/mol. The average molecular weight is 225 g/mol. The number of nitrogen functional groups attached to an aromatic ring is 1. The molecule has 0 aliphatic rings. The fraction of sp³-hybridized carbons (Fsp3) is 0.111. The Morgan fingerprint density at radius 2 is 2.27 bits per heavy atom. The third-order valence-corrected chi connectivity index (χ3v) is 2.18. The van der Waals surface area contributed by atoms with Gasteiger partial charge in [0.25, 0.3) is 0 Å². The summed E-state index contributed by atoms with van der Waals surface area (Å²) in [6.45, 7) is 0. The van der Waals surface area contributed by atoms with E-state index in [1.54, 1.807) is 31.6 Å². The Morgan fingerprint density at radius 3 is 2.73 bits per heavy atom. The molecule has 0 aliphatic carbocycles. The number of ether oxygens (including phenoxy) is 1. The zero-order valence-electron chi connectivity index (χ0n) is 8.01. The van der Waals surface area contributed by atoms with Crippen molar-refractivity contribution in [2.24, 2.45) is 0 Å². The SMILES string of the molecule is COc1ccc(-n2cc(Cl)c(N)n2)nc1. The number of hydrogen-bond donors (Lipinski definition) is 1. The van der Waals surface area contributed by atoms with Gasteiger partial charge in [-0.2, -0.15) is 0 Å². The minimum absolute atomic E-state index is 0.286. The van der Waals surface area contributed by atoms with Gasteiger partial charge < -0.3 is 10.5 Å². The Balaban J connectivity index is 2.37. The lowest BCUT2D eigenvalue weighted by Crippen LogP contribution is -1.99. The average Bonchev–Trinajstić information content (AvgIpc) is 2.59. The molecule has 2 N–H and O–H groups in total. The van der Waals surface area contributed by atoms with Crippen LogP contribution in [0.1, 0.15) is 0 Å². The van der Waals surface area contributed by atoms with E-state index in [0.29, 0.717) is 16.6 Å². The first-order valence-corrected chi connectivity index (χ1v) is 4.59. The Morgan fingerprint density at radius 1 is 1.47 bits per heavy atom. The molecule has 0 fully saturated rings. The molecule has 0 aromatic carbocycles. The highest BCUT2D eigenvalue weighted by Gasteiger charge is 2.05. The Hall–Kier alpha value is -1.75. The summed E-state index contributed by atoms with van der Waals surface area (Å²) in [6.07, 6.45) is 3.20. The highest BCUT2D eigenvalue weighted by Crippen LogP contribution is 2.18. The number of aromatic nitrogens is 3. The van der Waals surface area contributed by atoms with E-state index in [2.05, 4.69) is 10.1 Å². The number of nitrogens with two attached hydrogens (primary N) is 1. The standard InChI is InChI=1S/C9H9ClN4O/c1-15-6-2-3-8(12-4-6)14-5-7(10)9(11)13-14/h2-5H,1H3,(H2,11,13). The lowest BCUT2D eigenvalue weighted by Gasteiger charge is -2.01. The maximum absolute atomic E-state index is 5.78. The van der Waals surface area contributed by atoms with E-state index < -0.39 is 0 Å². The van der Waals surface area contributed by atoms with Crippen LogP contribution in [-0.2, 0) is 0 Å². The van der Waals surface area contributed by atoms with Crippen LogP contribution in [0, 0.1) is 0 Å². The third kappa shape index (κ3) is 1.87. The lowest BCUT2D eigenvalue weighted by molar-refractivity contribution is 0.412. The van der Waals surface area contributed by atoms with Crippen LogP contribution in [0.25, 0.3) is 5.82 Å². The molecule has 0 radical (unpaired) electrons. The molecule has 78 valence electrons. The summed E-state index contributed by atoms with van der Waals surface area (Å²) >= 11 is 5.78. The molecule has 0 aliphatic heterocycles. The molecular weight excluding hydrogens is 216 g/mol. The van der Waals surface area contributed by atoms with Crippen molar-refractivity contribution in [3.05, 3.63) is 29.5 Å². The van der Waals surface area contributed by atoms with Crippen LogP contribution in [0.3, 0.4) is 0 Å². The minimum atomic E-state index is 0.286. The summed E-state index contributed by atoms with van der Waals surface area (Å²) in [5, 5.41) is 4.40. The molecule has 0 unspecified atom stereocenters. The minimum Gasteiger partial charge on any atom is -0.495 e. The van der Waals surface area contributed by atoms with Gasteiger partial charge in [-0.1, -0.05) is 11.6 Å². The van der Waals surface area contributed by atoms with Gasteiger partial charge in [0.15, 0.2) is 11.6 Å². The van der Waals surface area contributed by atoms with Gasteiger partial charge in [-0.05, 0) is 12.1 Å². The fourth-order valence-corrected chi connectivity index (χ4v) is 1.24. The van der Waals surface area contributed by atoms with Gasteiger partial charge in [0.1, 0.15) is 10.8 Å². The van der Waals surface area contributed by atoms with Crippen molar-refractivity contribution < 1.29 is 4.74 Å². The maximum Gasteiger partial charge on any atom is 0.164 e. The van der Waals surface area contributed by atoms with E-state index in [0.717, 1.165) is 0 Å². The van der Waals surface area contributed by atoms with Gasteiger partial charge in [0.2, 0.25) is 0 Å². The van der Waals surface area contributed by atoms with E-state index in [1.807, 2.05) is 0 Å². The van der Waals surface area contributed by atoms with Crippen LogP contribution in [0.2, 0.25) is 5.02 Å². The van der Waals surface area contributed by atoms with Crippen molar-refractivity contribution in [1.29, 1.82) is 0 Å². The normalized spacial score (nSPS) is 10.3. The number of rotatable bonds is 2. The maximum atomic E-state index is 5.78. The molecule has 0 saturated carbocycles. The monoisotopic (exact) mass is 224 g/mol. The summed E-state index contributed by atoms with van der Waals surface area (Å²) in [6, 6.07) is 3.55. The zero-order chi connectivity index (χ0) is 10.8. The summed E-state index contributed by atoms with van der Waals surface area (Å²) in [7, 11) is 1.58. The molecule has 2 rings (SSSR count). The first-order chi connectivity index (χ1) is 7.20. The Labute approximate surface area is 91.4 Å². The van der Waals surface area contributed by atoms with Crippen LogP contribution < -0.4 is 10.5 Å². The molecule has 0 saturated heterocycles. The molecule has 0 spiro atoms. The Bertz CT molecular complexity index is 446. The van der Waals surface area contributed by atoms with Crippen LogP contribution in [0.15, 0.2) is 24.5 Å². The molecule has 15 heavy (non-hydrogen) atoms. The number of pyridine rings is 1. The summed E-state index contributed by atoms with van der Waals surface area (Å²) in [5.74, 6) is 1.61. The van der Waals surface area contributed by atoms with Crippen LogP contribution in [-0.4, -0.2) is 21.9 Å². The first-order valence-electron chi connectivity index (χ1n) is 4.22. The van der Waals surface area contributed by atoms with E-state index in [-0.39, 0.29) is 5.82 Å². The number of anilines is 1. The van der Waals surface area contributed by atoms with Gasteiger partial charge in [-0.25, -0.2) is 9.67 Å². The van der Waals surface area contributed by atoms with E-state index in [9.17, 15) is 0 Å². The molecule has 0 atom stereocenters. The van der Waals surface area contributed by atoms with Gasteiger partial charge in [0.05, 0.1) is 19.5 Å². The summed E-state index contributed by atoms with van der Waals surface area (Å²) in [4.78, 5) is 4.14. The van der Waals surface area contributed by atoms with Gasteiger partial charge in [0, 0.05) is 0 Å². The zero-order valence-corrected chi connectivity index (χ0v) is 8.77. The van der Waals surface area contributed by atoms with Crippen LogP contribution in [0.5, 0.6) is 5.75 Å². The number of methoxy groups -OCH3 is 1. The quantitative estimate of drug-likeness (QED) is 0.840. The van der Waals surface area contributed by atoms with Crippen LogP contribution in [0.4, 0.5) is 5.82 Å². The van der Waals surface area contributed by atoms with Crippen molar-refractivity contribution >= 4 is 17.4 Å². The molecule has 0 amide bonds.